The molecule has 0 heterocycles. The van der Waals surface area contributed by atoms with Gasteiger partial charge >= 0.3 is 5.97 Å². The van der Waals surface area contributed by atoms with Crippen molar-refractivity contribution in [3.8, 4) is 0 Å². The first-order valence-corrected chi connectivity index (χ1v) is 6.54. The van der Waals surface area contributed by atoms with Crippen molar-refractivity contribution < 1.29 is 14.6 Å². The van der Waals surface area contributed by atoms with Crippen molar-refractivity contribution in [2.75, 3.05) is 25.2 Å². The first-order chi connectivity index (χ1) is 8.45. The summed E-state index contributed by atoms with van der Waals surface area (Å²) in [4.78, 5) is 13.2. The molecule has 100 valence electrons. The van der Waals surface area contributed by atoms with Gasteiger partial charge in [-0.05, 0) is 32.0 Å². The molecular formula is C13H18BrNO3. The minimum atomic E-state index is -0.923. The molecule has 0 bridgehead atoms. The van der Waals surface area contributed by atoms with Gasteiger partial charge in [-0.25, -0.2) is 4.79 Å². The number of carboxylic acids is 1. The summed E-state index contributed by atoms with van der Waals surface area (Å²) >= 11 is 3.35. The number of carbonyl (C=O) groups is 1. The summed E-state index contributed by atoms with van der Waals surface area (Å²) in [6.07, 6.45) is 0. The predicted octanol–water partition coefficient (Wildman–Crippen LogP) is 3.01. The van der Waals surface area contributed by atoms with E-state index >= 15 is 0 Å². The van der Waals surface area contributed by atoms with Gasteiger partial charge in [0, 0.05) is 29.9 Å². The van der Waals surface area contributed by atoms with E-state index in [-0.39, 0.29) is 11.6 Å². The lowest BCUT2D eigenvalue weighted by molar-refractivity contribution is 0.0697. The van der Waals surface area contributed by atoms with Gasteiger partial charge in [0.1, 0.15) is 0 Å². The van der Waals surface area contributed by atoms with E-state index in [1.54, 1.807) is 19.2 Å². The molecule has 0 atom stereocenters. The fraction of sp³-hybridized carbons (Fsp3) is 0.462. The van der Waals surface area contributed by atoms with Crippen molar-refractivity contribution in [3.63, 3.8) is 0 Å². The Balaban J connectivity index is 3.07. The van der Waals surface area contributed by atoms with Crippen molar-refractivity contribution in [1.82, 2.24) is 0 Å². The highest BCUT2D eigenvalue weighted by atomic mass is 79.9. The molecule has 18 heavy (non-hydrogen) atoms. The molecule has 5 heteroatoms. The van der Waals surface area contributed by atoms with Gasteiger partial charge in [-0.15, -0.1) is 0 Å². The Morgan fingerprint density at radius 2 is 2.11 bits per heavy atom. The molecule has 0 aliphatic carbocycles. The van der Waals surface area contributed by atoms with Gasteiger partial charge in [0.25, 0.3) is 0 Å². The van der Waals surface area contributed by atoms with E-state index in [4.69, 9.17) is 9.84 Å². The molecule has 0 aromatic heterocycles. The molecule has 0 aliphatic heterocycles. The van der Waals surface area contributed by atoms with E-state index in [9.17, 15) is 4.79 Å². The van der Waals surface area contributed by atoms with Crippen LogP contribution >= 0.6 is 15.9 Å². The average molecular weight is 316 g/mol. The van der Waals surface area contributed by atoms with Gasteiger partial charge in [-0.1, -0.05) is 15.9 Å². The fourth-order valence-electron chi connectivity index (χ4n) is 1.74. The molecule has 0 aliphatic rings. The third-order valence-electron chi connectivity index (χ3n) is 2.62. The van der Waals surface area contributed by atoms with Crippen LogP contribution in [0.25, 0.3) is 0 Å². The summed E-state index contributed by atoms with van der Waals surface area (Å²) in [6, 6.07) is 5.47. The van der Waals surface area contributed by atoms with Gasteiger partial charge in [-0.2, -0.15) is 0 Å². The average Bonchev–Trinajstić information content (AvgIpc) is 2.28. The summed E-state index contributed by atoms with van der Waals surface area (Å²) in [6.45, 7) is 5.46. The van der Waals surface area contributed by atoms with Crippen LogP contribution in [0.1, 0.15) is 24.2 Å². The number of rotatable bonds is 6. The van der Waals surface area contributed by atoms with Crippen molar-refractivity contribution in [3.05, 3.63) is 28.2 Å². The second kappa shape index (κ2) is 6.75. The molecular weight excluding hydrogens is 298 g/mol. The van der Waals surface area contributed by atoms with Gasteiger partial charge in [-0.3, -0.25) is 0 Å². The van der Waals surface area contributed by atoms with E-state index in [0.717, 1.165) is 16.7 Å². The van der Waals surface area contributed by atoms with Crippen LogP contribution in [-0.4, -0.2) is 37.4 Å². The van der Waals surface area contributed by atoms with Crippen LogP contribution in [-0.2, 0) is 4.74 Å². The maximum absolute atomic E-state index is 11.0. The molecule has 1 rings (SSSR count). The minimum absolute atomic E-state index is 0.274. The van der Waals surface area contributed by atoms with Crippen LogP contribution in [0.15, 0.2) is 22.7 Å². The molecule has 0 radical (unpaired) electrons. The monoisotopic (exact) mass is 315 g/mol. The highest BCUT2D eigenvalue weighted by molar-refractivity contribution is 9.10. The zero-order valence-electron chi connectivity index (χ0n) is 10.8. The number of aromatic carboxylic acids is 1. The molecule has 0 saturated heterocycles. The van der Waals surface area contributed by atoms with E-state index in [2.05, 4.69) is 34.7 Å². The Hall–Kier alpha value is -1.07. The predicted molar refractivity (Wildman–Crippen MR) is 75.5 cm³/mol. The number of methoxy groups -OCH3 is 1. The van der Waals surface area contributed by atoms with Gasteiger partial charge in [0.2, 0.25) is 0 Å². The number of anilines is 1. The van der Waals surface area contributed by atoms with Crippen LogP contribution in [0.4, 0.5) is 5.69 Å². The maximum atomic E-state index is 11.0. The van der Waals surface area contributed by atoms with Crippen LogP contribution in [0.3, 0.4) is 0 Å². The number of benzene rings is 1. The first kappa shape index (κ1) is 15.0. The van der Waals surface area contributed by atoms with Crippen LogP contribution in [0.2, 0.25) is 0 Å². The van der Waals surface area contributed by atoms with E-state index < -0.39 is 5.97 Å². The maximum Gasteiger partial charge on any atom is 0.335 e. The molecule has 0 fully saturated rings. The minimum Gasteiger partial charge on any atom is -0.478 e. The van der Waals surface area contributed by atoms with Gasteiger partial charge < -0.3 is 14.7 Å². The van der Waals surface area contributed by atoms with Crippen LogP contribution < -0.4 is 4.90 Å². The molecule has 1 N–H and O–H groups in total. The number of hydrogen-bond acceptors (Lipinski definition) is 3. The normalized spacial score (nSPS) is 10.7. The Morgan fingerprint density at radius 3 is 2.61 bits per heavy atom. The highest BCUT2D eigenvalue weighted by Gasteiger charge is 2.14. The Kier molecular flexibility index (Phi) is 5.62. The summed E-state index contributed by atoms with van der Waals surface area (Å²) in [7, 11) is 1.65. The molecule has 0 amide bonds. The van der Waals surface area contributed by atoms with Gasteiger partial charge in [0.15, 0.2) is 0 Å². The smallest absolute Gasteiger partial charge is 0.335 e. The third kappa shape index (κ3) is 3.99. The van der Waals surface area contributed by atoms with Crippen LogP contribution in [0, 0.1) is 0 Å². The second-order valence-electron chi connectivity index (χ2n) is 4.28. The number of carboxylic acid groups (broad SMARTS) is 1. The summed E-state index contributed by atoms with van der Waals surface area (Å²) in [5, 5.41) is 9.07. The van der Waals surface area contributed by atoms with Crippen molar-refractivity contribution >= 4 is 27.6 Å². The summed E-state index contributed by atoms with van der Waals surface area (Å²) < 4.78 is 5.85. The zero-order valence-corrected chi connectivity index (χ0v) is 12.4. The molecule has 0 spiro atoms. The lowest BCUT2D eigenvalue weighted by Gasteiger charge is -2.29. The molecule has 0 saturated carbocycles. The second-order valence-corrected chi connectivity index (χ2v) is 5.20. The zero-order chi connectivity index (χ0) is 13.7. The number of halogens is 1. The fourth-order valence-corrected chi connectivity index (χ4v) is 2.22. The lowest BCUT2D eigenvalue weighted by Crippen LogP contribution is -2.33. The Morgan fingerprint density at radius 1 is 1.44 bits per heavy atom. The standard InChI is InChI=1S/C13H18BrNO3/c1-9(2)15(4-5-18-3)12-7-10(13(16)17)6-11(14)8-12/h6-9H,4-5H2,1-3H3,(H,16,17). The Labute approximate surface area is 116 Å². The lowest BCUT2D eigenvalue weighted by atomic mass is 10.1. The van der Waals surface area contributed by atoms with E-state index in [1.807, 2.05) is 6.07 Å². The van der Waals surface area contributed by atoms with Gasteiger partial charge in [0.05, 0.1) is 12.2 Å². The van der Waals surface area contributed by atoms with Crippen LogP contribution in [0.5, 0.6) is 0 Å². The summed E-state index contributed by atoms with van der Waals surface area (Å²) in [5.41, 5.74) is 1.16. The highest BCUT2D eigenvalue weighted by Crippen LogP contribution is 2.24. The van der Waals surface area contributed by atoms with Crippen molar-refractivity contribution in [2.45, 2.75) is 19.9 Å². The topological polar surface area (TPSA) is 49.8 Å². The third-order valence-corrected chi connectivity index (χ3v) is 3.08. The van der Waals surface area contributed by atoms with E-state index in [1.165, 1.54) is 0 Å². The van der Waals surface area contributed by atoms with Crippen molar-refractivity contribution in [2.24, 2.45) is 0 Å². The molecule has 1 aromatic rings. The molecule has 0 unspecified atom stereocenters. The molecule has 1 aromatic carbocycles. The quantitative estimate of drug-likeness (QED) is 0.876. The SMILES string of the molecule is COCCN(c1cc(Br)cc(C(=O)O)c1)C(C)C. The van der Waals surface area contributed by atoms with E-state index in [0.29, 0.717) is 6.61 Å². The Bertz CT molecular complexity index is 421. The number of nitrogens with zero attached hydrogens (tertiary/aromatic N) is 1. The number of ether oxygens (including phenoxy) is 1. The van der Waals surface area contributed by atoms with Crippen molar-refractivity contribution in [1.29, 1.82) is 0 Å². The summed E-state index contributed by atoms with van der Waals surface area (Å²) in [5.74, 6) is -0.923. The first-order valence-electron chi connectivity index (χ1n) is 5.75. The molecule has 4 nitrogen and oxygen atoms in total. The number of hydrogen-bond donors (Lipinski definition) is 1. The largest absolute Gasteiger partial charge is 0.478 e.